The molecule has 3 aromatic rings. The lowest BCUT2D eigenvalue weighted by Crippen LogP contribution is -2.22. The number of halogens is 1. The average Bonchev–Trinajstić information content (AvgIpc) is 2.99. The second-order valence-electron chi connectivity index (χ2n) is 7.52. The van der Waals surface area contributed by atoms with Crippen LogP contribution in [0.4, 0.5) is 0 Å². The Kier molecular flexibility index (Phi) is 6.14. The maximum absolute atomic E-state index is 11.6. The first-order valence-electron chi connectivity index (χ1n) is 8.83. The summed E-state index contributed by atoms with van der Waals surface area (Å²) in [6.45, 7) is 7.90. The lowest BCUT2D eigenvalue weighted by molar-refractivity contribution is 0.0856. The smallest absolute Gasteiger partial charge is 0.185 e. The van der Waals surface area contributed by atoms with Crippen LogP contribution < -0.4 is 4.74 Å². The highest BCUT2D eigenvalue weighted by Gasteiger charge is 2.18. The number of rotatable bonds is 8. The monoisotopic (exact) mass is 446 g/mol. The molecule has 0 aliphatic rings. The molecule has 27 heavy (non-hydrogen) atoms. The Hall–Kier alpha value is -1.96. The molecule has 0 N–H and O–H groups in total. The Morgan fingerprint density at radius 3 is 2.56 bits per heavy atom. The fraction of sp³-hybridized carbons (Fsp3) is 0.300. The lowest BCUT2D eigenvalue weighted by Gasteiger charge is -2.16. The van der Waals surface area contributed by atoms with Gasteiger partial charge in [0.1, 0.15) is 18.0 Å². The van der Waals surface area contributed by atoms with Gasteiger partial charge < -0.3 is 9.47 Å². The molecule has 0 bridgehead atoms. The van der Waals surface area contributed by atoms with Gasteiger partial charge in [0.25, 0.3) is 0 Å². The van der Waals surface area contributed by atoms with Gasteiger partial charge in [0.2, 0.25) is 0 Å². The van der Waals surface area contributed by atoms with Gasteiger partial charge in [-0.2, -0.15) is 0 Å². The van der Waals surface area contributed by atoms with Crippen molar-refractivity contribution in [3.63, 3.8) is 0 Å². The molecular weight excluding hydrogens is 424 g/mol. The quantitative estimate of drug-likeness (QED) is 0.252. The summed E-state index contributed by atoms with van der Waals surface area (Å²) < 4.78 is 14.4. The first-order valence-corrected chi connectivity index (χ1v) is 13.3. The van der Waals surface area contributed by atoms with Crippen molar-refractivity contribution in [2.45, 2.75) is 32.4 Å². The Labute approximate surface area is 168 Å². The molecule has 0 aliphatic carbocycles. The van der Waals surface area contributed by atoms with Gasteiger partial charge in [0, 0.05) is 14.7 Å². The molecular formula is C20H23BrN2O3Si. The molecule has 0 radical (unpaired) electrons. The zero-order valence-electron chi connectivity index (χ0n) is 15.7. The van der Waals surface area contributed by atoms with E-state index in [1.165, 1.54) is 0 Å². The van der Waals surface area contributed by atoms with Crippen molar-refractivity contribution in [1.82, 2.24) is 9.55 Å². The number of imidazole rings is 1. The number of carbonyl (C=O) groups is 1. The summed E-state index contributed by atoms with van der Waals surface area (Å²) in [5.74, 6) is 1.62. The summed E-state index contributed by atoms with van der Waals surface area (Å²) in [4.78, 5) is 16.0. The number of ether oxygens (including phenoxy) is 2. The number of fused-ring (bicyclic) bond motifs is 1. The van der Waals surface area contributed by atoms with E-state index in [9.17, 15) is 4.79 Å². The highest BCUT2D eigenvalue weighted by molar-refractivity contribution is 9.10. The van der Waals surface area contributed by atoms with Gasteiger partial charge in [-0.05, 0) is 46.2 Å². The van der Waals surface area contributed by atoms with Crippen LogP contribution in [-0.4, -0.2) is 30.5 Å². The van der Waals surface area contributed by atoms with Gasteiger partial charge in [-0.15, -0.1) is 0 Å². The normalized spacial score (nSPS) is 11.7. The number of hydrogen-bond donors (Lipinski definition) is 0. The summed E-state index contributed by atoms with van der Waals surface area (Å²) in [7, 11) is -1.16. The zero-order chi connectivity index (χ0) is 19.4. The maximum atomic E-state index is 11.6. The number of carbonyl (C=O) groups excluding carboxylic acids is 1. The third kappa shape index (κ3) is 4.85. The van der Waals surface area contributed by atoms with Crippen molar-refractivity contribution in [2.75, 3.05) is 6.61 Å². The fourth-order valence-corrected chi connectivity index (χ4v) is 3.78. The van der Waals surface area contributed by atoms with E-state index in [4.69, 9.17) is 9.47 Å². The molecule has 0 atom stereocenters. The zero-order valence-corrected chi connectivity index (χ0v) is 18.3. The Bertz CT molecular complexity index is 936. The molecule has 0 amide bonds. The predicted octanol–water partition coefficient (Wildman–Crippen LogP) is 5.72. The molecule has 2 aromatic carbocycles. The van der Waals surface area contributed by atoms with E-state index in [0.29, 0.717) is 36.2 Å². The molecule has 142 valence electrons. The minimum Gasteiger partial charge on any atom is -0.454 e. The van der Waals surface area contributed by atoms with E-state index >= 15 is 0 Å². The molecule has 5 nitrogen and oxygen atoms in total. The van der Waals surface area contributed by atoms with Crippen LogP contribution in [0.3, 0.4) is 0 Å². The first-order chi connectivity index (χ1) is 12.9. The molecule has 1 aromatic heterocycles. The SMILES string of the molecule is C[Si](C)(C)CCOCn1c(C=O)nc2c(Oc3ccccc3)c(Br)ccc21. The van der Waals surface area contributed by atoms with Gasteiger partial charge in [-0.3, -0.25) is 9.36 Å². The molecule has 0 saturated carbocycles. The standard InChI is InChI=1S/C20H23BrN2O3Si/c1-27(2,3)12-11-25-14-23-17-10-9-16(21)20(19(17)22-18(23)13-24)26-15-7-5-4-6-8-15/h4-10,13H,11-12,14H2,1-3H3. The number of benzene rings is 2. The van der Waals surface area contributed by atoms with Crippen molar-refractivity contribution in [3.8, 4) is 11.5 Å². The minimum absolute atomic E-state index is 0.293. The van der Waals surface area contributed by atoms with Crippen molar-refractivity contribution in [1.29, 1.82) is 0 Å². The van der Waals surface area contributed by atoms with Crippen molar-refractivity contribution in [2.24, 2.45) is 0 Å². The highest BCUT2D eigenvalue weighted by atomic mass is 79.9. The lowest BCUT2D eigenvalue weighted by atomic mass is 10.3. The third-order valence-electron chi connectivity index (χ3n) is 4.14. The highest BCUT2D eigenvalue weighted by Crippen LogP contribution is 2.36. The van der Waals surface area contributed by atoms with Crippen LogP contribution in [0.15, 0.2) is 46.9 Å². The van der Waals surface area contributed by atoms with Gasteiger partial charge >= 0.3 is 0 Å². The average molecular weight is 447 g/mol. The number of aldehydes is 1. The van der Waals surface area contributed by atoms with E-state index in [2.05, 4.69) is 40.6 Å². The Morgan fingerprint density at radius 1 is 1.15 bits per heavy atom. The van der Waals surface area contributed by atoms with Crippen LogP contribution >= 0.6 is 15.9 Å². The molecule has 0 aliphatic heterocycles. The fourth-order valence-electron chi connectivity index (χ4n) is 2.62. The number of hydrogen-bond acceptors (Lipinski definition) is 4. The molecule has 0 unspecified atom stereocenters. The first kappa shape index (κ1) is 19.8. The summed E-state index contributed by atoms with van der Waals surface area (Å²) in [6.07, 6.45) is 0.752. The number of aromatic nitrogens is 2. The van der Waals surface area contributed by atoms with Crippen molar-refractivity contribution < 1.29 is 14.3 Å². The third-order valence-corrected chi connectivity index (χ3v) is 6.47. The van der Waals surface area contributed by atoms with E-state index in [1.807, 2.05) is 42.5 Å². The van der Waals surface area contributed by atoms with Gasteiger partial charge in [0.15, 0.2) is 17.9 Å². The maximum Gasteiger partial charge on any atom is 0.185 e. The second-order valence-corrected chi connectivity index (χ2v) is 14.0. The number of nitrogens with zero attached hydrogens (tertiary/aromatic N) is 2. The van der Waals surface area contributed by atoms with Crippen molar-refractivity contribution in [3.05, 3.63) is 52.8 Å². The minimum atomic E-state index is -1.16. The van der Waals surface area contributed by atoms with Crippen LogP contribution in [0.25, 0.3) is 11.0 Å². The summed E-state index contributed by atoms with van der Waals surface area (Å²) in [5, 5.41) is 0. The molecule has 7 heteroatoms. The summed E-state index contributed by atoms with van der Waals surface area (Å²) in [6, 6.07) is 14.4. The van der Waals surface area contributed by atoms with E-state index in [0.717, 1.165) is 22.3 Å². The molecule has 3 rings (SSSR count). The molecule has 0 saturated heterocycles. The predicted molar refractivity (Wildman–Crippen MR) is 113 cm³/mol. The van der Waals surface area contributed by atoms with E-state index in [1.54, 1.807) is 4.57 Å². The Morgan fingerprint density at radius 2 is 1.89 bits per heavy atom. The van der Waals surface area contributed by atoms with Crippen LogP contribution in [0.5, 0.6) is 11.5 Å². The van der Waals surface area contributed by atoms with Crippen LogP contribution in [0.2, 0.25) is 25.7 Å². The number of para-hydroxylation sites is 1. The summed E-state index contributed by atoms with van der Waals surface area (Å²) in [5.41, 5.74) is 1.43. The van der Waals surface area contributed by atoms with Gasteiger partial charge in [-0.1, -0.05) is 37.8 Å². The largest absolute Gasteiger partial charge is 0.454 e. The van der Waals surface area contributed by atoms with Crippen LogP contribution in [-0.2, 0) is 11.5 Å². The van der Waals surface area contributed by atoms with Crippen LogP contribution in [0, 0.1) is 0 Å². The van der Waals surface area contributed by atoms with Gasteiger partial charge in [0.05, 0.1) is 9.99 Å². The molecule has 0 spiro atoms. The van der Waals surface area contributed by atoms with Crippen molar-refractivity contribution >= 4 is 41.3 Å². The molecule has 1 heterocycles. The second kappa shape index (κ2) is 8.37. The van der Waals surface area contributed by atoms with E-state index < -0.39 is 8.07 Å². The van der Waals surface area contributed by atoms with E-state index in [-0.39, 0.29) is 0 Å². The van der Waals surface area contributed by atoms with Crippen LogP contribution in [0.1, 0.15) is 10.6 Å². The Balaban J connectivity index is 1.91. The van der Waals surface area contributed by atoms with Gasteiger partial charge in [-0.25, -0.2) is 4.98 Å². The summed E-state index contributed by atoms with van der Waals surface area (Å²) >= 11 is 3.53. The topological polar surface area (TPSA) is 53.4 Å². The molecule has 0 fully saturated rings.